The Kier molecular flexibility index (Phi) is 3.39. The molecule has 0 spiro atoms. The third-order valence-corrected chi connectivity index (χ3v) is 2.83. The molecule has 1 aliphatic heterocycles. The minimum atomic E-state index is 0.700. The lowest BCUT2D eigenvalue weighted by atomic mass is 10.3. The van der Waals surface area contributed by atoms with Gasteiger partial charge in [0, 0.05) is 26.2 Å². The monoisotopic (exact) mass is 254 g/mol. The average molecular weight is 254 g/mol. The van der Waals surface area contributed by atoms with Crippen LogP contribution in [0.5, 0.6) is 0 Å². The molecule has 0 aromatic carbocycles. The Bertz CT molecular complexity index is 97.8. The van der Waals surface area contributed by atoms with Crippen LogP contribution >= 0.6 is 22.6 Å². The SMILES string of the molecule is CC(I)N1CCN(C)CC1. The fourth-order valence-electron chi connectivity index (χ4n) is 1.18. The van der Waals surface area contributed by atoms with Crippen molar-refractivity contribution in [3.05, 3.63) is 0 Å². The molecule has 1 heterocycles. The van der Waals surface area contributed by atoms with Crippen molar-refractivity contribution in [1.29, 1.82) is 0 Å². The highest BCUT2D eigenvalue weighted by Crippen LogP contribution is 2.09. The standard InChI is InChI=1S/C7H15IN2/c1-7(8)10-5-3-9(2)4-6-10/h7H,3-6H2,1-2H3. The molecule has 60 valence electrons. The van der Waals surface area contributed by atoms with Crippen molar-refractivity contribution in [2.75, 3.05) is 33.2 Å². The van der Waals surface area contributed by atoms with Crippen LogP contribution in [0.4, 0.5) is 0 Å². The highest BCUT2D eigenvalue weighted by molar-refractivity contribution is 14.1. The van der Waals surface area contributed by atoms with Gasteiger partial charge in [-0.25, -0.2) is 0 Å². The number of nitrogens with zero attached hydrogens (tertiary/aromatic N) is 2. The van der Waals surface area contributed by atoms with Crippen molar-refractivity contribution in [3.63, 3.8) is 0 Å². The van der Waals surface area contributed by atoms with Gasteiger partial charge in [0.25, 0.3) is 0 Å². The van der Waals surface area contributed by atoms with E-state index in [9.17, 15) is 0 Å². The van der Waals surface area contributed by atoms with Crippen molar-refractivity contribution in [2.24, 2.45) is 0 Å². The second-order valence-corrected chi connectivity index (χ2v) is 4.72. The number of alkyl halides is 1. The van der Waals surface area contributed by atoms with Gasteiger partial charge in [-0.1, -0.05) is 22.6 Å². The molecule has 0 aromatic rings. The Morgan fingerprint density at radius 1 is 1.20 bits per heavy atom. The first-order valence-corrected chi connectivity index (χ1v) is 5.01. The smallest absolute Gasteiger partial charge is 0.0590 e. The second kappa shape index (κ2) is 3.88. The molecule has 0 amide bonds. The summed E-state index contributed by atoms with van der Waals surface area (Å²) in [7, 11) is 2.19. The Morgan fingerprint density at radius 3 is 2.10 bits per heavy atom. The maximum atomic E-state index is 2.51. The maximum Gasteiger partial charge on any atom is 0.0590 e. The molecule has 0 saturated carbocycles. The Morgan fingerprint density at radius 2 is 1.70 bits per heavy atom. The number of hydrogen-bond donors (Lipinski definition) is 0. The predicted octanol–water partition coefficient (Wildman–Crippen LogP) is 1.01. The van der Waals surface area contributed by atoms with Gasteiger partial charge in [-0.3, -0.25) is 4.90 Å². The van der Waals surface area contributed by atoms with E-state index in [1.165, 1.54) is 26.2 Å². The number of likely N-dealkylation sites (N-methyl/N-ethyl adjacent to an activating group) is 1. The summed E-state index contributed by atoms with van der Waals surface area (Å²) in [6.45, 7) is 7.19. The van der Waals surface area contributed by atoms with E-state index in [0.717, 1.165) is 0 Å². The molecule has 0 radical (unpaired) electrons. The number of rotatable bonds is 1. The third-order valence-electron chi connectivity index (χ3n) is 2.04. The number of hydrogen-bond acceptors (Lipinski definition) is 2. The lowest BCUT2D eigenvalue weighted by Crippen LogP contribution is -2.46. The summed E-state index contributed by atoms with van der Waals surface area (Å²) in [5.74, 6) is 0. The van der Waals surface area contributed by atoms with E-state index in [4.69, 9.17) is 0 Å². The fourth-order valence-corrected chi connectivity index (χ4v) is 1.73. The van der Waals surface area contributed by atoms with Gasteiger partial charge in [0.15, 0.2) is 0 Å². The van der Waals surface area contributed by atoms with Gasteiger partial charge in [0.2, 0.25) is 0 Å². The number of halogens is 1. The van der Waals surface area contributed by atoms with Crippen molar-refractivity contribution in [2.45, 2.75) is 11.0 Å². The molecule has 0 N–H and O–H groups in total. The summed E-state index contributed by atoms with van der Waals surface area (Å²) in [6.07, 6.45) is 0. The largest absolute Gasteiger partial charge is 0.304 e. The molecule has 10 heavy (non-hydrogen) atoms. The van der Waals surface area contributed by atoms with Gasteiger partial charge in [0.05, 0.1) is 4.05 Å². The highest BCUT2D eigenvalue weighted by atomic mass is 127. The second-order valence-electron chi connectivity index (χ2n) is 2.91. The summed E-state index contributed by atoms with van der Waals surface area (Å²) in [4.78, 5) is 4.90. The zero-order valence-electron chi connectivity index (χ0n) is 6.68. The molecule has 0 bridgehead atoms. The van der Waals surface area contributed by atoms with E-state index >= 15 is 0 Å². The Labute approximate surface area is 76.7 Å². The molecule has 1 atom stereocenters. The van der Waals surface area contributed by atoms with Gasteiger partial charge in [-0.2, -0.15) is 0 Å². The molecule has 3 heteroatoms. The van der Waals surface area contributed by atoms with Gasteiger partial charge in [0.1, 0.15) is 0 Å². The molecule has 1 unspecified atom stereocenters. The molecule has 1 fully saturated rings. The minimum Gasteiger partial charge on any atom is -0.304 e. The molecule has 1 aliphatic rings. The van der Waals surface area contributed by atoms with Crippen LogP contribution in [0.3, 0.4) is 0 Å². The molecule has 1 saturated heterocycles. The maximum absolute atomic E-state index is 2.51. The van der Waals surface area contributed by atoms with Crippen LogP contribution in [0.15, 0.2) is 0 Å². The van der Waals surface area contributed by atoms with E-state index in [0.29, 0.717) is 4.05 Å². The molecule has 2 nitrogen and oxygen atoms in total. The Hall–Kier alpha value is 0.650. The first-order chi connectivity index (χ1) is 4.70. The fraction of sp³-hybridized carbons (Fsp3) is 1.00. The van der Waals surface area contributed by atoms with E-state index in [2.05, 4.69) is 46.4 Å². The first-order valence-electron chi connectivity index (χ1n) is 3.77. The van der Waals surface area contributed by atoms with E-state index in [1.807, 2.05) is 0 Å². The molecule has 0 aromatic heterocycles. The van der Waals surface area contributed by atoms with E-state index < -0.39 is 0 Å². The average Bonchev–Trinajstić information content (AvgIpc) is 1.88. The van der Waals surface area contributed by atoms with Crippen LogP contribution < -0.4 is 0 Å². The predicted molar refractivity (Wildman–Crippen MR) is 52.6 cm³/mol. The summed E-state index contributed by atoms with van der Waals surface area (Å²) in [5.41, 5.74) is 0. The quantitative estimate of drug-likeness (QED) is 0.391. The van der Waals surface area contributed by atoms with Crippen LogP contribution in [-0.2, 0) is 0 Å². The first kappa shape index (κ1) is 8.74. The van der Waals surface area contributed by atoms with Crippen molar-refractivity contribution < 1.29 is 0 Å². The zero-order chi connectivity index (χ0) is 7.56. The van der Waals surface area contributed by atoms with Crippen molar-refractivity contribution in [3.8, 4) is 0 Å². The topological polar surface area (TPSA) is 6.48 Å². The lowest BCUT2D eigenvalue weighted by molar-refractivity contribution is 0.154. The molecular formula is C7H15IN2. The van der Waals surface area contributed by atoms with Crippen LogP contribution in [0, 0.1) is 0 Å². The lowest BCUT2D eigenvalue weighted by Gasteiger charge is -2.34. The summed E-state index contributed by atoms with van der Waals surface area (Å²) in [5, 5.41) is 0. The zero-order valence-corrected chi connectivity index (χ0v) is 8.84. The van der Waals surface area contributed by atoms with E-state index in [1.54, 1.807) is 0 Å². The van der Waals surface area contributed by atoms with Gasteiger partial charge < -0.3 is 4.90 Å². The highest BCUT2D eigenvalue weighted by Gasteiger charge is 2.16. The van der Waals surface area contributed by atoms with Gasteiger partial charge >= 0.3 is 0 Å². The van der Waals surface area contributed by atoms with Gasteiger partial charge in [-0.15, -0.1) is 0 Å². The summed E-state index contributed by atoms with van der Waals surface area (Å²) >= 11 is 2.48. The Balaban J connectivity index is 2.26. The normalized spacial score (nSPS) is 26.7. The number of piperazine rings is 1. The molecule has 0 aliphatic carbocycles. The van der Waals surface area contributed by atoms with E-state index in [-0.39, 0.29) is 0 Å². The summed E-state index contributed by atoms with van der Waals surface area (Å²) in [6, 6.07) is 0. The van der Waals surface area contributed by atoms with Crippen LogP contribution in [0.2, 0.25) is 0 Å². The van der Waals surface area contributed by atoms with Crippen LogP contribution in [0.1, 0.15) is 6.92 Å². The van der Waals surface area contributed by atoms with Crippen molar-refractivity contribution in [1.82, 2.24) is 9.80 Å². The minimum absolute atomic E-state index is 0.700. The summed E-state index contributed by atoms with van der Waals surface area (Å²) < 4.78 is 0.700. The van der Waals surface area contributed by atoms with Crippen molar-refractivity contribution >= 4 is 22.6 Å². The molecular weight excluding hydrogens is 239 g/mol. The van der Waals surface area contributed by atoms with Gasteiger partial charge in [-0.05, 0) is 14.0 Å². The van der Waals surface area contributed by atoms with Crippen LogP contribution in [0.25, 0.3) is 0 Å². The van der Waals surface area contributed by atoms with Crippen LogP contribution in [-0.4, -0.2) is 47.1 Å². The molecule has 1 rings (SSSR count). The third kappa shape index (κ3) is 2.36.